The summed E-state index contributed by atoms with van der Waals surface area (Å²) in [7, 11) is 2.09. The van der Waals surface area contributed by atoms with E-state index in [1.54, 1.807) is 0 Å². The molecule has 2 aromatic rings. The van der Waals surface area contributed by atoms with Crippen molar-refractivity contribution >= 4 is 16.6 Å². The minimum Gasteiger partial charge on any atom is -0.399 e. The third-order valence-electron chi connectivity index (χ3n) is 3.69. The molecule has 0 spiro atoms. The van der Waals surface area contributed by atoms with E-state index in [9.17, 15) is 0 Å². The van der Waals surface area contributed by atoms with Gasteiger partial charge in [-0.3, -0.25) is 4.90 Å². The minimum absolute atomic E-state index is 0.839. The van der Waals surface area contributed by atoms with Crippen LogP contribution in [0.2, 0.25) is 0 Å². The van der Waals surface area contributed by atoms with Gasteiger partial charge in [-0.05, 0) is 43.6 Å². The van der Waals surface area contributed by atoms with Crippen molar-refractivity contribution in [1.29, 1.82) is 0 Å². The van der Waals surface area contributed by atoms with Gasteiger partial charge in [-0.15, -0.1) is 0 Å². The van der Waals surface area contributed by atoms with E-state index in [0.29, 0.717) is 0 Å². The summed E-state index contributed by atoms with van der Waals surface area (Å²) >= 11 is 0. The maximum absolute atomic E-state index is 5.84. The number of nitrogens with two attached hydrogens (primary N) is 1. The Bertz CT molecular complexity index is 536. The van der Waals surface area contributed by atoms with Crippen LogP contribution in [0.15, 0.2) is 24.4 Å². The predicted molar refractivity (Wildman–Crippen MR) is 71.8 cm³/mol. The van der Waals surface area contributed by atoms with E-state index in [1.165, 1.54) is 42.4 Å². The van der Waals surface area contributed by atoms with Gasteiger partial charge < -0.3 is 10.3 Å². The maximum Gasteiger partial charge on any atom is 0.0501 e. The lowest BCUT2D eigenvalue weighted by molar-refractivity contribution is 0.332. The predicted octanol–water partition coefficient (Wildman–Crippen LogP) is 2.36. The lowest BCUT2D eigenvalue weighted by Crippen LogP contribution is -2.18. The molecule has 0 aliphatic carbocycles. The van der Waals surface area contributed by atoms with Gasteiger partial charge in [0.2, 0.25) is 0 Å². The highest BCUT2D eigenvalue weighted by Crippen LogP contribution is 2.25. The number of nitrogen functional groups attached to an aromatic ring is 1. The highest BCUT2D eigenvalue weighted by atomic mass is 15.1. The van der Waals surface area contributed by atoms with Gasteiger partial charge in [-0.2, -0.15) is 0 Å². The first-order valence-electron chi connectivity index (χ1n) is 6.30. The van der Waals surface area contributed by atoms with Crippen molar-refractivity contribution in [1.82, 2.24) is 9.47 Å². The Balaban J connectivity index is 1.98. The standard InChI is InChI=1S/C14H19N3/c1-16-9-11(10-17-6-2-3-7-17)13-5-4-12(15)8-14(13)16/h4-5,8-9H,2-3,6-7,10,15H2,1H3. The number of aromatic nitrogens is 1. The zero-order valence-corrected chi connectivity index (χ0v) is 10.3. The molecule has 90 valence electrons. The second kappa shape index (κ2) is 4.08. The van der Waals surface area contributed by atoms with Gasteiger partial charge in [0.25, 0.3) is 0 Å². The molecule has 3 rings (SSSR count). The Morgan fingerprint density at radius 3 is 2.76 bits per heavy atom. The SMILES string of the molecule is Cn1cc(CN2CCCC2)c2ccc(N)cc21. The molecule has 0 amide bonds. The van der Waals surface area contributed by atoms with Crippen LogP contribution in [-0.4, -0.2) is 22.6 Å². The van der Waals surface area contributed by atoms with E-state index in [4.69, 9.17) is 5.73 Å². The first-order chi connectivity index (χ1) is 8.24. The van der Waals surface area contributed by atoms with Crippen LogP contribution in [0, 0.1) is 0 Å². The number of nitrogens with zero attached hydrogens (tertiary/aromatic N) is 2. The lowest BCUT2D eigenvalue weighted by atomic mass is 10.1. The van der Waals surface area contributed by atoms with Gasteiger partial charge in [0.15, 0.2) is 0 Å². The van der Waals surface area contributed by atoms with Crippen molar-refractivity contribution in [2.24, 2.45) is 7.05 Å². The molecule has 1 aromatic heterocycles. The van der Waals surface area contributed by atoms with E-state index < -0.39 is 0 Å². The molecule has 3 nitrogen and oxygen atoms in total. The van der Waals surface area contributed by atoms with Crippen LogP contribution >= 0.6 is 0 Å². The van der Waals surface area contributed by atoms with E-state index in [2.05, 4.69) is 34.8 Å². The number of fused-ring (bicyclic) bond motifs is 1. The quantitative estimate of drug-likeness (QED) is 0.802. The highest BCUT2D eigenvalue weighted by molar-refractivity contribution is 5.86. The van der Waals surface area contributed by atoms with Crippen LogP contribution in [0.4, 0.5) is 5.69 Å². The molecule has 1 aromatic carbocycles. The Kier molecular flexibility index (Phi) is 2.56. The summed E-state index contributed by atoms with van der Waals surface area (Å²) < 4.78 is 2.18. The summed E-state index contributed by atoms with van der Waals surface area (Å²) in [5.41, 5.74) is 9.34. The van der Waals surface area contributed by atoms with Gasteiger partial charge in [0, 0.05) is 30.9 Å². The van der Waals surface area contributed by atoms with Crippen molar-refractivity contribution < 1.29 is 0 Å². The van der Waals surface area contributed by atoms with Crippen LogP contribution in [-0.2, 0) is 13.6 Å². The van der Waals surface area contributed by atoms with Gasteiger partial charge in [0.05, 0.1) is 5.52 Å². The summed E-state index contributed by atoms with van der Waals surface area (Å²) in [6, 6.07) is 6.20. The third-order valence-corrected chi connectivity index (χ3v) is 3.69. The Hall–Kier alpha value is -1.48. The topological polar surface area (TPSA) is 34.2 Å². The number of likely N-dealkylation sites (tertiary alicyclic amines) is 1. The van der Waals surface area contributed by atoms with E-state index >= 15 is 0 Å². The molecule has 2 N–H and O–H groups in total. The fourth-order valence-electron chi connectivity index (χ4n) is 2.79. The molecule has 3 heteroatoms. The van der Waals surface area contributed by atoms with Crippen LogP contribution in [0.25, 0.3) is 10.9 Å². The molecule has 17 heavy (non-hydrogen) atoms. The molecule has 0 atom stereocenters. The number of hydrogen-bond donors (Lipinski definition) is 1. The van der Waals surface area contributed by atoms with Crippen molar-refractivity contribution in [3.8, 4) is 0 Å². The van der Waals surface area contributed by atoms with Crippen molar-refractivity contribution in [3.63, 3.8) is 0 Å². The first kappa shape index (κ1) is 10.7. The second-order valence-corrected chi connectivity index (χ2v) is 5.03. The fraction of sp³-hybridized carbons (Fsp3) is 0.429. The summed E-state index contributed by atoms with van der Waals surface area (Å²) in [5.74, 6) is 0. The molecule has 1 fully saturated rings. The van der Waals surface area contributed by atoms with Crippen molar-refractivity contribution in [3.05, 3.63) is 30.0 Å². The lowest BCUT2D eigenvalue weighted by Gasteiger charge is -2.13. The van der Waals surface area contributed by atoms with Gasteiger partial charge in [-0.25, -0.2) is 0 Å². The maximum atomic E-state index is 5.84. The molecule has 0 saturated carbocycles. The Labute approximate surface area is 102 Å². The second-order valence-electron chi connectivity index (χ2n) is 5.03. The van der Waals surface area contributed by atoms with Gasteiger partial charge in [0.1, 0.15) is 0 Å². The molecule has 0 bridgehead atoms. The molecular weight excluding hydrogens is 210 g/mol. The number of anilines is 1. The van der Waals surface area contributed by atoms with Crippen molar-refractivity contribution in [2.45, 2.75) is 19.4 Å². The number of rotatable bonds is 2. The molecule has 1 aliphatic heterocycles. The molecule has 0 radical (unpaired) electrons. The zero-order valence-electron chi connectivity index (χ0n) is 10.3. The van der Waals surface area contributed by atoms with Crippen molar-refractivity contribution in [2.75, 3.05) is 18.8 Å². The number of aryl methyl sites for hydroxylation is 1. The first-order valence-corrected chi connectivity index (χ1v) is 6.30. The molecule has 0 unspecified atom stereocenters. The van der Waals surface area contributed by atoms with E-state index in [1.807, 2.05) is 6.07 Å². The van der Waals surface area contributed by atoms with Gasteiger partial charge >= 0.3 is 0 Å². The smallest absolute Gasteiger partial charge is 0.0501 e. The highest BCUT2D eigenvalue weighted by Gasteiger charge is 2.14. The average Bonchev–Trinajstić information content (AvgIpc) is 2.89. The average molecular weight is 229 g/mol. The molecule has 1 aliphatic rings. The number of benzene rings is 1. The monoisotopic (exact) mass is 229 g/mol. The fourth-order valence-corrected chi connectivity index (χ4v) is 2.79. The summed E-state index contributed by atoms with van der Waals surface area (Å²) in [6.07, 6.45) is 4.93. The van der Waals surface area contributed by atoms with Crippen LogP contribution in [0.1, 0.15) is 18.4 Å². The summed E-state index contributed by atoms with van der Waals surface area (Å²) in [5, 5.41) is 1.34. The number of hydrogen-bond acceptors (Lipinski definition) is 2. The molecule has 1 saturated heterocycles. The van der Waals surface area contributed by atoms with Gasteiger partial charge in [-0.1, -0.05) is 6.07 Å². The van der Waals surface area contributed by atoms with Crippen LogP contribution < -0.4 is 5.73 Å². The van der Waals surface area contributed by atoms with Crippen LogP contribution in [0.5, 0.6) is 0 Å². The Morgan fingerprint density at radius 1 is 1.24 bits per heavy atom. The molecule has 2 heterocycles. The Morgan fingerprint density at radius 2 is 2.00 bits per heavy atom. The molecular formula is C14H19N3. The summed E-state index contributed by atoms with van der Waals surface area (Å²) in [6.45, 7) is 3.55. The zero-order chi connectivity index (χ0) is 11.8. The normalized spacial score (nSPS) is 17.0. The van der Waals surface area contributed by atoms with E-state index in [-0.39, 0.29) is 0 Å². The largest absolute Gasteiger partial charge is 0.399 e. The van der Waals surface area contributed by atoms with E-state index in [0.717, 1.165) is 12.2 Å². The van der Waals surface area contributed by atoms with Crippen LogP contribution in [0.3, 0.4) is 0 Å². The summed E-state index contributed by atoms with van der Waals surface area (Å²) in [4.78, 5) is 2.53. The minimum atomic E-state index is 0.839. The third kappa shape index (κ3) is 1.91.